The van der Waals surface area contributed by atoms with Gasteiger partial charge in [0.2, 0.25) is 0 Å². The van der Waals surface area contributed by atoms with Gasteiger partial charge in [-0.25, -0.2) is 4.68 Å². The summed E-state index contributed by atoms with van der Waals surface area (Å²) >= 11 is 3.52. The zero-order valence-electron chi connectivity index (χ0n) is 11.1. The number of hydrogen-bond donors (Lipinski definition) is 2. The Morgan fingerprint density at radius 2 is 2.00 bits per heavy atom. The van der Waals surface area contributed by atoms with Crippen molar-refractivity contribution in [2.45, 2.75) is 64.0 Å². The molecule has 1 heterocycles. The molecule has 0 saturated heterocycles. The third-order valence-electron chi connectivity index (χ3n) is 3.72. The van der Waals surface area contributed by atoms with E-state index in [1.807, 2.05) is 4.68 Å². The van der Waals surface area contributed by atoms with Crippen LogP contribution in [0.4, 0.5) is 5.82 Å². The van der Waals surface area contributed by atoms with Crippen LogP contribution in [0.5, 0.6) is 0 Å². The van der Waals surface area contributed by atoms with E-state index >= 15 is 0 Å². The van der Waals surface area contributed by atoms with Gasteiger partial charge in [0.05, 0.1) is 22.3 Å². The molecular weight excluding hydrogens is 294 g/mol. The number of hydrogen-bond acceptors (Lipinski definition) is 3. The van der Waals surface area contributed by atoms with Crippen LogP contribution in [-0.2, 0) is 0 Å². The second-order valence-electron chi connectivity index (χ2n) is 5.46. The number of nitrogen functional groups attached to an aromatic ring is 1. The van der Waals surface area contributed by atoms with E-state index < -0.39 is 0 Å². The van der Waals surface area contributed by atoms with Crippen molar-refractivity contribution < 1.29 is 5.11 Å². The highest BCUT2D eigenvalue weighted by Crippen LogP contribution is 2.35. The van der Waals surface area contributed by atoms with Crippen molar-refractivity contribution >= 4 is 21.7 Å². The Bertz CT molecular complexity index is 417. The van der Waals surface area contributed by atoms with E-state index in [1.165, 1.54) is 6.42 Å². The van der Waals surface area contributed by atoms with Crippen LogP contribution in [0.1, 0.15) is 63.6 Å². The van der Waals surface area contributed by atoms with Crippen LogP contribution in [0.15, 0.2) is 4.47 Å². The van der Waals surface area contributed by atoms with E-state index in [-0.39, 0.29) is 12.1 Å². The van der Waals surface area contributed by atoms with E-state index in [4.69, 9.17) is 5.73 Å². The van der Waals surface area contributed by atoms with Crippen LogP contribution in [0.25, 0.3) is 0 Å². The zero-order chi connectivity index (χ0) is 13.3. The monoisotopic (exact) mass is 315 g/mol. The highest BCUT2D eigenvalue weighted by atomic mass is 79.9. The molecule has 0 aliphatic heterocycles. The maximum absolute atomic E-state index is 10.2. The molecule has 0 spiro atoms. The van der Waals surface area contributed by atoms with Crippen LogP contribution < -0.4 is 5.73 Å². The lowest BCUT2D eigenvalue weighted by Gasteiger charge is -2.21. The molecule has 0 aromatic carbocycles. The Kier molecular flexibility index (Phi) is 4.33. The van der Waals surface area contributed by atoms with Gasteiger partial charge in [-0.3, -0.25) is 0 Å². The zero-order valence-corrected chi connectivity index (χ0v) is 12.7. The molecule has 18 heavy (non-hydrogen) atoms. The van der Waals surface area contributed by atoms with Gasteiger partial charge in [0.15, 0.2) is 0 Å². The first-order chi connectivity index (χ1) is 8.52. The normalized spacial score (nSPS) is 25.4. The average molecular weight is 316 g/mol. The first-order valence-corrected chi connectivity index (χ1v) is 7.53. The Hall–Kier alpha value is -0.550. The minimum absolute atomic E-state index is 0.0244. The highest BCUT2D eigenvalue weighted by molar-refractivity contribution is 9.10. The van der Waals surface area contributed by atoms with Crippen molar-refractivity contribution in [2.24, 2.45) is 0 Å². The van der Waals surface area contributed by atoms with Gasteiger partial charge in [-0.05, 0) is 34.7 Å². The minimum Gasteiger partial charge on any atom is -0.391 e. The van der Waals surface area contributed by atoms with Crippen molar-refractivity contribution in [3.63, 3.8) is 0 Å². The van der Waals surface area contributed by atoms with Gasteiger partial charge in [0.25, 0.3) is 0 Å². The van der Waals surface area contributed by atoms with Gasteiger partial charge < -0.3 is 10.8 Å². The molecule has 1 saturated carbocycles. The smallest absolute Gasteiger partial charge is 0.136 e. The van der Waals surface area contributed by atoms with Gasteiger partial charge in [-0.15, -0.1) is 0 Å². The predicted molar refractivity (Wildman–Crippen MR) is 76.6 cm³/mol. The van der Waals surface area contributed by atoms with Gasteiger partial charge in [0, 0.05) is 0 Å². The molecule has 1 aromatic heterocycles. The summed E-state index contributed by atoms with van der Waals surface area (Å²) in [6.07, 6.45) is 4.89. The van der Waals surface area contributed by atoms with E-state index in [9.17, 15) is 5.11 Å². The van der Waals surface area contributed by atoms with E-state index in [0.717, 1.165) is 35.8 Å². The molecule has 5 heteroatoms. The molecule has 102 valence electrons. The molecule has 2 unspecified atom stereocenters. The maximum Gasteiger partial charge on any atom is 0.136 e. The Labute approximate surface area is 117 Å². The molecule has 2 rings (SSSR count). The summed E-state index contributed by atoms with van der Waals surface area (Å²) in [6, 6.07) is 0.0244. The standard InChI is InChI=1S/C13H22BrN3O/c1-8(2)12-11(14)13(15)17(16-12)9-6-4-3-5-7-10(9)18/h8-10,18H,3-7,15H2,1-2H3. The number of nitrogens with two attached hydrogens (primary N) is 1. The molecular formula is C13H22BrN3O. The molecule has 1 aliphatic rings. The largest absolute Gasteiger partial charge is 0.391 e. The van der Waals surface area contributed by atoms with Crippen LogP contribution in [0, 0.1) is 0 Å². The Morgan fingerprint density at radius 3 is 2.61 bits per heavy atom. The van der Waals surface area contributed by atoms with Crippen molar-refractivity contribution in [1.29, 1.82) is 0 Å². The van der Waals surface area contributed by atoms with Gasteiger partial charge >= 0.3 is 0 Å². The van der Waals surface area contributed by atoms with Crippen molar-refractivity contribution in [3.8, 4) is 0 Å². The summed E-state index contributed by atoms with van der Waals surface area (Å²) in [5, 5.41) is 14.8. The first kappa shape index (κ1) is 13.9. The Morgan fingerprint density at radius 1 is 1.33 bits per heavy atom. The topological polar surface area (TPSA) is 64.1 Å². The lowest BCUT2D eigenvalue weighted by molar-refractivity contribution is 0.0999. The molecule has 0 radical (unpaired) electrons. The second-order valence-corrected chi connectivity index (χ2v) is 6.25. The summed E-state index contributed by atoms with van der Waals surface area (Å²) < 4.78 is 2.71. The van der Waals surface area contributed by atoms with Crippen molar-refractivity contribution in [3.05, 3.63) is 10.2 Å². The van der Waals surface area contributed by atoms with Crippen molar-refractivity contribution in [1.82, 2.24) is 9.78 Å². The fraction of sp³-hybridized carbons (Fsp3) is 0.769. The van der Waals surface area contributed by atoms with Crippen LogP contribution in [-0.4, -0.2) is 21.0 Å². The summed E-state index contributed by atoms with van der Waals surface area (Å²) in [6.45, 7) is 4.20. The number of aliphatic hydroxyl groups excluding tert-OH is 1. The number of aliphatic hydroxyl groups is 1. The maximum atomic E-state index is 10.2. The summed E-state index contributed by atoms with van der Waals surface area (Å²) in [7, 11) is 0. The van der Waals surface area contributed by atoms with Gasteiger partial charge in [-0.2, -0.15) is 5.10 Å². The number of rotatable bonds is 2. The van der Waals surface area contributed by atoms with Crippen LogP contribution >= 0.6 is 15.9 Å². The molecule has 1 aliphatic carbocycles. The number of nitrogens with zero attached hydrogens (tertiary/aromatic N) is 2. The first-order valence-electron chi connectivity index (χ1n) is 6.73. The molecule has 0 amide bonds. The van der Waals surface area contributed by atoms with E-state index in [1.54, 1.807) is 0 Å². The molecule has 0 bridgehead atoms. The van der Waals surface area contributed by atoms with E-state index in [2.05, 4.69) is 34.9 Å². The third-order valence-corrected chi connectivity index (χ3v) is 4.53. The fourth-order valence-corrected chi connectivity index (χ4v) is 3.34. The average Bonchev–Trinajstić information content (AvgIpc) is 2.51. The fourth-order valence-electron chi connectivity index (χ4n) is 2.62. The second kappa shape index (κ2) is 5.61. The van der Waals surface area contributed by atoms with Gasteiger partial charge in [-0.1, -0.05) is 33.1 Å². The lowest BCUT2D eigenvalue weighted by atomic mass is 10.1. The molecule has 1 aromatic rings. The molecule has 4 nitrogen and oxygen atoms in total. The van der Waals surface area contributed by atoms with Crippen LogP contribution in [0.2, 0.25) is 0 Å². The quantitative estimate of drug-likeness (QED) is 0.824. The molecule has 1 fully saturated rings. The molecule has 2 atom stereocenters. The SMILES string of the molecule is CC(C)c1nn(C2CCCCCC2O)c(N)c1Br. The highest BCUT2D eigenvalue weighted by Gasteiger charge is 2.28. The van der Waals surface area contributed by atoms with E-state index in [0.29, 0.717) is 11.7 Å². The number of anilines is 1. The summed E-state index contributed by atoms with van der Waals surface area (Å²) in [4.78, 5) is 0. The number of aromatic nitrogens is 2. The summed E-state index contributed by atoms with van der Waals surface area (Å²) in [5.41, 5.74) is 7.10. The lowest BCUT2D eigenvalue weighted by Crippen LogP contribution is -2.25. The molecule has 3 N–H and O–H groups in total. The Balaban J connectivity index is 2.34. The summed E-state index contributed by atoms with van der Waals surface area (Å²) in [5.74, 6) is 0.968. The van der Waals surface area contributed by atoms with Gasteiger partial charge in [0.1, 0.15) is 5.82 Å². The van der Waals surface area contributed by atoms with Crippen LogP contribution in [0.3, 0.4) is 0 Å². The predicted octanol–water partition coefficient (Wildman–Crippen LogP) is 3.22. The minimum atomic E-state index is -0.332. The van der Waals surface area contributed by atoms with Crippen molar-refractivity contribution in [2.75, 3.05) is 5.73 Å². The number of halogens is 1. The third kappa shape index (κ3) is 2.57.